The average molecular weight is 396 g/mol. The highest BCUT2D eigenvalue weighted by atomic mass is 32.1. The summed E-state index contributed by atoms with van der Waals surface area (Å²) < 4.78 is 11.5. The number of furan rings is 1. The molecule has 3 aromatic heterocycles. The Balaban J connectivity index is 1.21. The molecule has 0 N–H and O–H groups in total. The molecule has 28 heavy (non-hydrogen) atoms. The third-order valence-corrected chi connectivity index (χ3v) is 6.55. The van der Waals surface area contributed by atoms with Crippen LogP contribution in [0.5, 0.6) is 0 Å². The number of fused-ring (bicyclic) bond motifs is 1. The third kappa shape index (κ3) is 4.05. The summed E-state index contributed by atoms with van der Waals surface area (Å²) in [4.78, 5) is 11.1. The van der Waals surface area contributed by atoms with E-state index >= 15 is 0 Å². The summed E-state index contributed by atoms with van der Waals surface area (Å²) in [5.74, 6) is 1.89. The second-order valence-corrected chi connectivity index (χ2v) is 8.52. The summed E-state index contributed by atoms with van der Waals surface area (Å²) in [7, 11) is 0. The van der Waals surface area contributed by atoms with Crippen LogP contribution in [0.2, 0.25) is 0 Å². The van der Waals surface area contributed by atoms with Crippen LogP contribution in [0.1, 0.15) is 21.9 Å². The van der Waals surface area contributed by atoms with Crippen LogP contribution in [0, 0.1) is 0 Å². The van der Waals surface area contributed by atoms with Gasteiger partial charge in [-0.25, -0.2) is 0 Å². The first kappa shape index (κ1) is 18.1. The van der Waals surface area contributed by atoms with Crippen molar-refractivity contribution in [2.24, 2.45) is 0 Å². The second kappa shape index (κ2) is 8.17. The van der Waals surface area contributed by atoms with Crippen LogP contribution in [-0.2, 0) is 30.8 Å². The van der Waals surface area contributed by atoms with Crippen LogP contribution in [0.4, 0.5) is 0 Å². The van der Waals surface area contributed by atoms with Crippen LogP contribution in [0.25, 0.3) is 11.3 Å². The molecule has 6 heteroatoms. The van der Waals surface area contributed by atoms with Crippen molar-refractivity contribution in [2.75, 3.05) is 32.8 Å². The van der Waals surface area contributed by atoms with Crippen LogP contribution >= 0.6 is 11.3 Å². The topological polar surface area (TPSA) is 41.7 Å². The summed E-state index contributed by atoms with van der Waals surface area (Å²) in [6.07, 6.45) is 3.09. The Morgan fingerprint density at radius 2 is 1.89 bits per heavy atom. The Labute approximate surface area is 169 Å². The number of hydrogen-bond donors (Lipinski definition) is 0. The van der Waals surface area contributed by atoms with Gasteiger partial charge in [-0.15, -0.1) is 11.3 Å². The number of nitrogens with zero attached hydrogens (tertiary/aromatic N) is 3. The van der Waals surface area contributed by atoms with E-state index in [1.54, 1.807) is 4.88 Å². The zero-order valence-corrected chi connectivity index (χ0v) is 16.8. The third-order valence-electron chi connectivity index (χ3n) is 5.53. The fraction of sp³-hybridized carbons (Fsp3) is 0.409. The van der Waals surface area contributed by atoms with Gasteiger partial charge in [0, 0.05) is 49.4 Å². The van der Waals surface area contributed by atoms with Crippen molar-refractivity contribution < 1.29 is 9.15 Å². The molecular formula is C22H25N3O2S. The van der Waals surface area contributed by atoms with Gasteiger partial charge in [0.25, 0.3) is 0 Å². The molecule has 1 fully saturated rings. The quantitative estimate of drug-likeness (QED) is 0.657. The van der Waals surface area contributed by atoms with Crippen molar-refractivity contribution in [1.82, 2.24) is 14.8 Å². The monoisotopic (exact) mass is 395 g/mol. The lowest BCUT2D eigenvalue weighted by Crippen LogP contribution is -2.35. The fourth-order valence-electron chi connectivity index (χ4n) is 3.93. The first-order valence-corrected chi connectivity index (χ1v) is 10.8. The van der Waals surface area contributed by atoms with Gasteiger partial charge < -0.3 is 9.15 Å². The molecule has 1 saturated heterocycles. The van der Waals surface area contributed by atoms with Gasteiger partial charge in [0.1, 0.15) is 11.5 Å². The van der Waals surface area contributed by atoms with Gasteiger partial charge in [0.2, 0.25) is 0 Å². The Bertz CT molecular complexity index is 912. The lowest BCUT2D eigenvalue weighted by Gasteiger charge is -2.26. The zero-order chi connectivity index (χ0) is 18.8. The van der Waals surface area contributed by atoms with Crippen molar-refractivity contribution in [3.63, 3.8) is 0 Å². The smallest absolute Gasteiger partial charge is 0.135 e. The maximum absolute atomic E-state index is 6.06. The molecule has 146 valence electrons. The summed E-state index contributed by atoms with van der Waals surface area (Å²) in [6.45, 7) is 7.44. The minimum Gasteiger partial charge on any atom is -0.460 e. The largest absolute Gasteiger partial charge is 0.460 e. The number of rotatable bonds is 5. The number of aromatic nitrogens is 1. The summed E-state index contributed by atoms with van der Waals surface area (Å²) >= 11 is 1.88. The van der Waals surface area contributed by atoms with E-state index in [-0.39, 0.29) is 0 Å². The van der Waals surface area contributed by atoms with E-state index in [1.807, 2.05) is 17.5 Å². The Morgan fingerprint density at radius 1 is 0.964 bits per heavy atom. The number of thiophene rings is 1. The van der Waals surface area contributed by atoms with Gasteiger partial charge in [-0.3, -0.25) is 14.8 Å². The number of ether oxygens (including phenoxy) is 1. The molecule has 0 aromatic carbocycles. The van der Waals surface area contributed by atoms with Crippen LogP contribution in [0.3, 0.4) is 0 Å². The van der Waals surface area contributed by atoms with Crippen molar-refractivity contribution >= 4 is 11.3 Å². The highest BCUT2D eigenvalue weighted by Crippen LogP contribution is 2.26. The van der Waals surface area contributed by atoms with Crippen LogP contribution in [-0.4, -0.2) is 47.6 Å². The van der Waals surface area contributed by atoms with E-state index in [1.165, 1.54) is 5.56 Å². The fourth-order valence-corrected chi connectivity index (χ4v) is 4.82. The van der Waals surface area contributed by atoms with Crippen LogP contribution in [0.15, 0.2) is 46.3 Å². The Hall–Kier alpha value is -1.99. The normalized spacial score (nSPS) is 18.3. The lowest BCUT2D eigenvalue weighted by molar-refractivity contribution is 0.0314. The van der Waals surface area contributed by atoms with E-state index in [0.29, 0.717) is 0 Å². The second-order valence-electron chi connectivity index (χ2n) is 7.52. The highest BCUT2D eigenvalue weighted by molar-refractivity contribution is 7.10. The van der Waals surface area contributed by atoms with E-state index in [2.05, 4.69) is 45.5 Å². The Morgan fingerprint density at radius 3 is 2.75 bits per heavy atom. The van der Waals surface area contributed by atoms with Crippen LogP contribution < -0.4 is 0 Å². The number of pyridine rings is 1. The van der Waals surface area contributed by atoms with Gasteiger partial charge in [0.15, 0.2) is 0 Å². The maximum atomic E-state index is 6.06. The molecule has 0 saturated carbocycles. The molecule has 0 bridgehead atoms. The van der Waals surface area contributed by atoms with Gasteiger partial charge in [0.05, 0.1) is 25.5 Å². The lowest BCUT2D eigenvalue weighted by atomic mass is 10.1. The number of morpholine rings is 1. The molecule has 5 heterocycles. The summed E-state index contributed by atoms with van der Waals surface area (Å²) in [5, 5.41) is 2.21. The Kier molecular flexibility index (Phi) is 5.27. The maximum Gasteiger partial charge on any atom is 0.135 e. The van der Waals surface area contributed by atoms with Crippen molar-refractivity contribution in [3.05, 3.63) is 63.8 Å². The van der Waals surface area contributed by atoms with Crippen molar-refractivity contribution in [3.8, 4) is 11.3 Å². The first-order chi connectivity index (χ1) is 13.8. The molecule has 3 aromatic rings. The predicted molar refractivity (Wildman–Crippen MR) is 110 cm³/mol. The minimum atomic E-state index is 0.809. The summed E-state index contributed by atoms with van der Waals surface area (Å²) in [6, 6.07) is 10.6. The van der Waals surface area contributed by atoms with Crippen molar-refractivity contribution in [1.29, 1.82) is 0 Å². The van der Waals surface area contributed by atoms with Gasteiger partial charge in [-0.05, 0) is 47.7 Å². The molecule has 0 aliphatic carbocycles. The molecule has 2 aliphatic rings. The van der Waals surface area contributed by atoms with Gasteiger partial charge >= 0.3 is 0 Å². The molecule has 0 atom stereocenters. The van der Waals surface area contributed by atoms with Crippen molar-refractivity contribution in [2.45, 2.75) is 26.1 Å². The molecule has 5 rings (SSSR count). The molecule has 0 radical (unpaired) electrons. The molecule has 0 spiro atoms. The number of hydrogen-bond acceptors (Lipinski definition) is 6. The van der Waals surface area contributed by atoms with E-state index in [4.69, 9.17) is 14.1 Å². The van der Waals surface area contributed by atoms with E-state index in [0.717, 1.165) is 81.7 Å². The average Bonchev–Trinajstić information content (AvgIpc) is 3.38. The summed E-state index contributed by atoms with van der Waals surface area (Å²) in [5.41, 5.74) is 3.63. The molecule has 0 amide bonds. The van der Waals surface area contributed by atoms with E-state index in [9.17, 15) is 0 Å². The van der Waals surface area contributed by atoms with Gasteiger partial charge in [-0.1, -0.05) is 0 Å². The van der Waals surface area contributed by atoms with Gasteiger partial charge in [-0.2, -0.15) is 0 Å². The predicted octanol–water partition coefficient (Wildman–Crippen LogP) is 3.79. The molecular weight excluding hydrogens is 370 g/mol. The molecule has 2 aliphatic heterocycles. The van der Waals surface area contributed by atoms with E-state index < -0.39 is 0 Å². The molecule has 0 unspecified atom stereocenters. The SMILES string of the molecule is c1cc2c(s1)CCN(Cc1ccc(-c3ccc(CN4CCOCC4)o3)cn1)C2. The molecule has 5 nitrogen and oxygen atoms in total. The minimum absolute atomic E-state index is 0.809. The standard InChI is InChI=1S/C22H25N3O2S/c1-2-19(15-25-7-5-22-18(14-25)6-12-28-22)23-13-17(1)21-4-3-20(27-21)16-24-8-10-26-11-9-24/h1-4,6,12-13H,5,7-11,14-16H2. The zero-order valence-electron chi connectivity index (χ0n) is 16.0. The highest BCUT2D eigenvalue weighted by Gasteiger charge is 2.18. The first-order valence-electron chi connectivity index (χ1n) is 9.95.